The Kier molecular flexibility index (Phi) is 9.67. The molecule has 1 rings (SSSR count). The predicted molar refractivity (Wildman–Crippen MR) is 94.4 cm³/mol. The number of rotatable bonds is 11. The fourth-order valence-corrected chi connectivity index (χ4v) is 3.43. The normalized spacial score (nSPS) is 17.0. The summed E-state index contributed by atoms with van der Waals surface area (Å²) in [6, 6.07) is -0.676. The summed E-state index contributed by atoms with van der Waals surface area (Å²) in [5, 5.41) is 2.49. The molecule has 0 radical (unpaired) electrons. The van der Waals surface area contributed by atoms with Crippen molar-refractivity contribution in [1.29, 1.82) is 0 Å². The molecule has 0 saturated carbocycles. The largest absolute Gasteiger partial charge is 0.379 e. The molecule has 1 saturated heterocycles. The van der Waals surface area contributed by atoms with E-state index in [4.69, 9.17) is 11.2 Å². The number of sulfonamides is 1. The fourth-order valence-electron chi connectivity index (χ4n) is 2.32. The van der Waals surface area contributed by atoms with Gasteiger partial charge in [0.1, 0.15) is 6.29 Å². The summed E-state index contributed by atoms with van der Waals surface area (Å²) in [6.07, 6.45) is 6.25. The predicted octanol–water partition coefficient (Wildman–Crippen LogP) is -0.933. The highest BCUT2D eigenvalue weighted by Crippen LogP contribution is 2.03. The number of aldehydes is 1. The van der Waals surface area contributed by atoms with Crippen LogP contribution < -0.4 is 5.32 Å². The molecule has 25 heavy (non-hydrogen) atoms. The summed E-state index contributed by atoms with van der Waals surface area (Å²) in [5.41, 5.74) is 0. The van der Waals surface area contributed by atoms with Crippen LogP contribution in [0, 0.1) is 12.3 Å². The molecule has 1 unspecified atom stereocenters. The maximum atomic E-state index is 12.2. The Bertz CT molecular complexity index is 567. The smallest absolute Gasteiger partial charge is 0.221 e. The van der Waals surface area contributed by atoms with Crippen molar-refractivity contribution in [1.82, 2.24) is 14.5 Å². The average Bonchev–Trinajstić information content (AvgIpc) is 2.62. The van der Waals surface area contributed by atoms with E-state index in [0.717, 1.165) is 13.1 Å². The topological polar surface area (TPSA) is 96.0 Å². The number of terminal acetylenes is 1. The SMILES string of the molecule is C#CCCC(C=O)NC(=O)CCS(=O)(=O)N(C)CCN1CCOCC1. The summed E-state index contributed by atoms with van der Waals surface area (Å²) < 4.78 is 31.0. The fraction of sp³-hybridized carbons (Fsp3) is 0.750. The first-order chi connectivity index (χ1) is 11.9. The summed E-state index contributed by atoms with van der Waals surface area (Å²) in [6.45, 7) is 3.90. The van der Waals surface area contributed by atoms with Crippen LogP contribution >= 0.6 is 0 Å². The second-order valence-electron chi connectivity index (χ2n) is 5.89. The number of nitrogens with zero attached hydrogens (tertiary/aromatic N) is 2. The highest BCUT2D eigenvalue weighted by Gasteiger charge is 2.21. The third-order valence-corrected chi connectivity index (χ3v) is 5.86. The van der Waals surface area contributed by atoms with Crippen LogP contribution in [0.4, 0.5) is 0 Å². The van der Waals surface area contributed by atoms with Gasteiger partial charge in [-0.1, -0.05) is 0 Å². The summed E-state index contributed by atoms with van der Waals surface area (Å²) in [7, 11) is -2.01. The van der Waals surface area contributed by atoms with Gasteiger partial charge in [0, 0.05) is 46.1 Å². The second kappa shape index (κ2) is 11.2. The van der Waals surface area contributed by atoms with E-state index in [1.165, 1.54) is 11.4 Å². The highest BCUT2D eigenvalue weighted by atomic mass is 32.2. The minimum Gasteiger partial charge on any atom is -0.379 e. The molecule has 1 amide bonds. The number of amides is 1. The lowest BCUT2D eigenvalue weighted by Gasteiger charge is -2.28. The van der Waals surface area contributed by atoms with Crippen LogP contribution in [-0.4, -0.2) is 88.1 Å². The van der Waals surface area contributed by atoms with Gasteiger partial charge < -0.3 is 14.8 Å². The standard InChI is InChI=1S/C16H27N3O5S/c1-3-4-5-15(14-20)17-16(21)6-13-25(22,23)18(2)7-8-19-9-11-24-12-10-19/h1,14-15H,4-13H2,2H3,(H,17,21). The lowest BCUT2D eigenvalue weighted by molar-refractivity contribution is -0.123. The van der Waals surface area contributed by atoms with Gasteiger partial charge in [-0.15, -0.1) is 12.3 Å². The van der Waals surface area contributed by atoms with E-state index >= 15 is 0 Å². The van der Waals surface area contributed by atoms with E-state index < -0.39 is 22.0 Å². The average molecular weight is 373 g/mol. The molecule has 1 heterocycles. The van der Waals surface area contributed by atoms with Gasteiger partial charge in [0.25, 0.3) is 0 Å². The third kappa shape index (κ3) is 8.45. The molecule has 0 aromatic heterocycles. The van der Waals surface area contributed by atoms with E-state index in [-0.39, 0.29) is 12.2 Å². The van der Waals surface area contributed by atoms with Crippen molar-refractivity contribution in [3.63, 3.8) is 0 Å². The summed E-state index contributed by atoms with van der Waals surface area (Å²) >= 11 is 0. The molecule has 1 aliphatic heterocycles. The molecule has 1 atom stereocenters. The van der Waals surface area contributed by atoms with Crippen molar-refractivity contribution in [2.45, 2.75) is 25.3 Å². The van der Waals surface area contributed by atoms with Crippen LogP contribution in [0.1, 0.15) is 19.3 Å². The molecule has 142 valence electrons. The molecule has 1 fully saturated rings. The molecule has 0 bridgehead atoms. The van der Waals surface area contributed by atoms with Gasteiger partial charge >= 0.3 is 0 Å². The monoisotopic (exact) mass is 373 g/mol. The number of hydrogen-bond donors (Lipinski definition) is 1. The van der Waals surface area contributed by atoms with Crippen LogP contribution in [0.25, 0.3) is 0 Å². The van der Waals surface area contributed by atoms with Gasteiger partial charge in [-0.3, -0.25) is 9.69 Å². The van der Waals surface area contributed by atoms with Crippen molar-refractivity contribution in [3.05, 3.63) is 0 Å². The maximum absolute atomic E-state index is 12.2. The van der Waals surface area contributed by atoms with E-state index in [0.29, 0.717) is 45.4 Å². The first-order valence-corrected chi connectivity index (χ1v) is 9.92. The zero-order chi connectivity index (χ0) is 18.7. The van der Waals surface area contributed by atoms with Gasteiger partial charge in [0.05, 0.1) is 25.0 Å². The van der Waals surface area contributed by atoms with Gasteiger partial charge in [-0.2, -0.15) is 0 Å². The maximum Gasteiger partial charge on any atom is 0.221 e. The lowest BCUT2D eigenvalue weighted by atomic mass is 10.2. The number of hydrogen-bond acceptors (Lipinski definition) is 6. The summed E-state index contributed by atoms with van der Waals surface area (Å²) in [5.74, 6) is 1.63. The van der Waals surface area contributed by atoms with Crippen molar-refractivity contribution in [2.24, 2.45) is 0 Å². The van der Waals surface area contributed by atoms with Crippen molar-refractivity contribution in [3.8, 4) is 12.3 Å². The van der Waals surface area contributed by atoms with Crippen LogP contribution in [0.5, 0.6) is 0 Å². The van der Waals surface area contributed by atoms with Gasteiger partial charge in [-0.25, -0.2) is 12.7 Å². The molecule has 8 nitrogen and oxygen atoms in total. The van der Waals surface area contributed by atoms with E-state index in [1.54, 1.807) is 0 Å². The number of likely N-dealkylation sites (N-methyl/N-ethyl adjacent to an activating group) is 1. The van der Waals surface area contributed by atoms with E-state index in [1.807, 2.05) is 0 Å². The number of nitrogens with one attached hydrogen (secondary N) is 1. The van der Waals surface area contributed by atoms with E-state index in [2.05, 4.69) is 16.1 Å². The molecule has 0 aromatic rings. The third-order valence-electron chi connectivity index (χ3n) is 4.01. The van der Waals surface area contributed by atoms with Crippen molar-refractivity contribution in [2.75, 3.05) is 52.2 Å². The van der Waals surface area contributed by atoms with Crippen molar-refractivity contribution < 1.29 is 22.7 Å². The summed E-state index contributed by atoms with van der Waals surface area (Å²) in [4.78, 5) is 24.8. The molecule has 9 heteroatoms. The van der Waals surface area contributed by atoms with Gasteiger partial charge in [-0.05, 0) is 6.42 Å². The Balaban J connectivity index is 2.36. The molecule has 0 spiro atoms. The Morgan fingerprint density at radius 3 is 2.72 bits per heavy atom. The van der Waals surface area contributed by atoms with Crippen LogP contribution in [-0.2, 0) is 24.3 Å². The zero-order valence-electron chi connectivity index (χ0n) is 14.6. The van der Waals surface area contributed by atoms with E-state index in [9.17, 15) is 18.0 Å². The number of carbonyl (C=O) groups is 2. The molecular formula is C16H27N3O5S. The van der Waals surface area contributed by atoms with Gasteiger partial charge in [0.15, 0.2) is 0 Å². The highest BCUT2D eigenvalue weighted by molar-refractivity contribution is 7.89. The molecule has 0 aliphatic carbocycles. The Hall–Kier alpha value is -1.47. The Morgan fingerprint density at radius 1 is 1.44 bits per heavy atom. The quantitative estimate of drug-likeness (QED) is 0.371. The second-order valence-corrected chi connectivity index (χ2v) is 8.09. The minimum atomic E-state index is -3.52. The minimum absolute atomic E-state index is 0.190. The van der Waals surface area contributed by atoms with Crippen LogP contribution in [0.3, 0.4) is 0 Å². The number of ether oxygens (including phenoxy) is 1. The molecule has 0 aromatic carbocycles. The van der Waals surface area contributed by atoms with Crippen LogP contribution in [0.15, 0.2) is 0 Å². The zero-order valence-corrected chi connectivity index (χ0v) is 15.5. The van der Waals surface area contributed by atoms with Gasteiger partial charge in [0.2, 0.25) is 15.9 Å². The van der Waals surface area contributed by atoms with Crippen molar-refractivity contribution >= 4 is 22.2 Å². The first-order valence-electron chi connectivity index (χ1n) is 8.31. The molecule has 1 N–H and O–H groups in total. The number of carbonyl (C=O) groups excluding carboxylic acids is 2. The van der Waals surface area contributed by atoms with Crippen LogP contribution in [0.2, 0.25) is 0 Å². The Morgan fingerprint density at radius 2 is 2.12 bits per heavy atom. The number of morpholine rings is 1. The lowest BCUT2D eigenvalue weighted by Crippen LogP contribution is -2.43. The Labute approximate surface area is 149 Å². The molecular weight excluding hydrogens is 346 g/mol. The first kappa shape index (κ1) is 21.6. The molecule has 1 aliphatic rings.